The van der Waals surface area contributed by atoms with E-state index in [4.69, 9.17) is 5.73 Å². The van der Waals surface area contributed by atoms with Gasteiger partial charge < -0.3 is 21.3 Å². The van der Waals surface area contributed by atoms with Gasteiger partial charge in [0.15, 0.2) is 0 Å². The van der Waals surface area contributed by atoms with Gasteiger partial charge in [-0.1, -0.05) is 6.92 Å². The molecule has 1 aliphatic rings. The predicted octanol–water partition coefficient (Wildman–Crippen LogP) is 2.09. The van der Waals surface area contributed by atoms with Crippen LogP contribution in [-0.4, -0.2) is 42.5 Å². The van der Waals surface area contributed by atoms with Crippen LogP contribution < -0.4 is 16.4 Å². The monoisotopic (exact) mass is 318 g/mol. The average Bonchev–Trinajstić information content (AvgIpc) is 2.49. The Morgan fingerprint density at radius 3 is 2.57 bits per heavy atom. The highest BCUT2D eigenvalue weighted by atomic mass is 16.2. The van der Waals surface area contributed by atoms with Crippen molar-refractivity contribution in [2.24, 2.45) is 5.73 Å². The van der Waals surface area contributed by atoms with Crippen molar-refractivity contribution in [1.29, 1.82) is 0 Å². The minimum absolute atomic E-state index is 0.204. The largest absolute Gasteiger partial charge is 0.366 e. The molecule has 2 rings (SSSR count). The molecule has 1 aliphatic heterocycles. The van der Waals surface area contributed by atoms with E-state index in [9.17, 15) is 9.59 Å². The SMILES string of the molecule is CCCN1CCC(NC(=O)Nc2ccc(C(N)=O)c(C)c2)CC1. The van der Waals surface area contributed by atoms with Crippen LogP contribution in [0.15, 0.2) is 18.2 Å². The van der Waals surface area contributed by atoms with E-state index in [1.54, 1.807) is 25.1 Å². The minimum Gasteiger partial charge on any atom is -0.366 e. The van der Waals surface area contributed by atoms with Gasteiger partial charge in [0.25, 0.3) is 0 Å². The number of piperidine rings is 1. The number of carbonyl (C=O) groups is 2. The van der Waals surface area contributed by atoms with Crippen LogP contribution in [0, 0.1) is 6.92 Å². The lowest BCUT2D eigenvalue weighted by atomic mass is 10.1. The molecule has 1 heterocycles. The van der Waals surface area contributed by atoms with Crippen LogP contribution in [0.3, 0.4) is 0 Å². The second-order valence-corrected chi connectivity index (χ2v) is 6.11. The van der Waals surface area contributed by atoms with Crippen LogP contribution in [0.1, 0.15) is 42.1 Å². The molecule has 23 heavy (non-hydrogen) atoms. The molecule has 6 heteroatoms. The Hall–Kier alpha value is -2.08. The highest BCUT2D eigenvalue weighted by Gasteiger charge is 2.20. The van der Waals surface area contributed by atoms with Crippen molar-refractivity contribution in [2.45, 2.75) is 39.2 Å². The molecule has 126 valence electrons. The number of likely N-dealkylation sites (tertiary alicyclic amines) is 1. The molecule has 4 N–H and O–H groups in total. The fourth-order valence-corrected chi connectivity index (χ4v) is 2.99. The lowest BCUT2D eigenvalue weighted by Gasteiger charge is -2.32. The van der Waals surface area contributed by atoms with Crippen molar-refractivity contribution in [3.63, 3.8) is 0 Å². The van der Waals surface area contributed by atoms with Crippen LogP contribution in [0.4, 0.5) is 10.5 Å². The molecule has 0 radical (unpaired) electrons. The summed E-state index contributed by atoms with van der Waals surface area (Å²) in [5, 5.41) is 5.84. The first-order valence-corrected chi connectivity index (χ1v) is 8.20. The smallest absolute Gasteiger partial charge is 0.319 e. The number of nitrogens with zero attached hydrogens (tertiary/aromatic N) is 1. The Morgan fingerprint density at radius 2 is 2.00 bits per heavy atom. The maximum atomic E-state index is 12.1. The van der Waals surface area contributed by atoms with Crippen molar-refractivity contribution in [2.75, 3.05) is 25.0 Å². The fourth-order valence-electron chi connectivity index (χ4n) is 2.99. The quantitative estimate of drug-likeness (QED) is 0.777. The number of benzene rings is 1. The maximum absolute atomic E-state index is 12.1. The number of nitrogens with one attached hydrogen (secondary N) is 2. The van der Waals surface area contributed by atoms with Gasteiger partial charge in [0.2, 0.25) is 5.91 Å². The van der Waals surface area contributed by atoms with Crippen LogP contribution in [-0.2, 0) is 0 Å². The summed E-state index contributed by atoms with van der Waals surface area (Å²) >= 11 is 0. The second-order valence-electron chi connectivity index (χ2n) is 6.11. The van der Waals surface area contributed by atoms with Gasteiger partial charge in [0.05, 0.1) is 0 Å². The van der Waals surface area contributed by atoms with Gasteiger partial charge in [-0.2, -0.15) is 0 Å². The van der Waals surface area contributed by atoms with Gasteiger partial charge in [-0.15, -0.1) is 0 Å². The Kier molecular flexibility index (Phi) is 5.98. The number of urea groups is 1. The number of hydrogen-bond donors (Lipinski definition) is 3. The molecule has 1 aromatic rings. The number of anilines is 1. The standard InChI is InChI=1S/C17H26N4O2/c1-3-8-21-9-6-13(7-10-21)19-17(23)20-14-4-5-15(16(18)22)12(2)11-14/h4-5,11,13H,3,6-10H2,1-2H3,(H2,18,22)(H2,19,20,23). The van der Waals surface area contributed by atoms with Crippen molar-refractivity contribution < 1.29 is 9.59 Å². The number of aryl methyl sites for hydroxylation is 1. The van der Waals surface area contributed by atoms with E-state index in [-0.39, 0.29) is 12.1 Å². The Bertz CT molecular complexity index is 566. The zero-order valence-electron chi connectivity index (χ0n) is 13.9. The molecule has 0 spiro atoms. The first kappa shape index (κ1) is 17.3. The molecule has 6 nitrogen and oxygen atoms in total. The Balaban J connectivity index is 1.83. The van der Waals surface area contributed by atoms with Crippen molar-refractivity contribution in [3.8, 4) is 0 Å². The molecule has 1 saturated heterocycles. The number of nitrogens with two attached hydrogens (primary N) is 1. The molecular formula is C17H26N4O2. The van der Waals surface area contributed by atoms with Gasteiger partial charge in [0, 0.05) is 30.4 Å². The molecule has 1 aromatic carbocycles. The predicted molar refractivity (Wildman–Crippen MR) is 91.6 cm³/mol. The zero-order valence-corrected chi connectivity index (χ0v) is 13.9. The van der Waals surface area contributed by atoms with Gasteiger partial charge in [-0.3, -0.25) is 4.79 Å². The van der Waals surface area contributed by atoms with Crippen molar-refractivity contribution in [3.05, 3.63) is 29.3 Å². The first-order valence-electron chi connectivity index (χ1n) is 8.20. The lowest BCUT2D eigenvalue weighted by molar-refractivity contribution is 0.0999. The highest BCUT2D eigenvalue weighted by molar-refractivity contribution is 5.96. The second kappa shape index (κ2) is 7.97. The Morgan fingerprint density at radius 1 is 1.30 bits per heavy atom. The van der Waals surface area contributed by atoms with E-state index in [1.807, 2.05) is 0 Å². The number of hydrogen-bond acceptors (Lipinski definition) is 3. The Labute approximate surface area is 137 Å². The minimum atomic E-state index is -0.461. The van der Waals surface area contributed by atoms with Crippen LogP contribution in [0.2, 0.25) is 0 Å². The number of primary amides is 1. The summed E-state index contributed by atoms with van der Waals surface area (Å²) in [6.45, 7) is 7.18. The van der Waals surface area contributed by atoms with E-state index >= 15 is 0 Å². The third-order valence-corrected chi connectivity index (χ3v) is 4.21. The summed E-state index contributed by atoms with van der Waals surface area (Å²) < 4.78 is 0. The summed E-state index contributed by atoms with van der Waals surface area (Å²) in [6, 6.07) is 5.09. The van der Waals surface area contributed by atoms with E-state index in [1.165, 1.54) is 6.42 Å². The van der Waals surface area contributed by atoms with E-state index < -0.39 is 5.91 Å². The number of rotatable bonds is 5. The van der Waals surface area contributed by atoms with Gasteiger partial charge in [0.1, 0.15) is 0 Å². The fraction of sp³-hybridized carbons (Fsp3) is 0.529. The molecule has 1 fully saturated rings. The molecule has 0 saturated carbocycles. The first-order chi connectivity index (χ1) is 11.0. The summed E-state index contributed by atoms with van der Waals surface area (Å²) in [6.07, 6.45) is 3.12. The van der Waals surface area contributed by atoms with E-state index in [0.29, 0.717) is 11.3 Å². The average molecular weight is 318 g/mol. The normalized spacial score (nSPS) is 16.1. The number of amides is 3. The van der Waals surface area contributed by atoms with Crippen LogP contribution in [0.25, 0.3) is 0 Å². The maximum Gasteiger partial charge on any atom is 0.319 e. The van der Waals surface area contributed by atoms with E-state index in [2.05, 4.69) is 22.5 Å². The van der Waals surface area contributed by atoms with Crippen molar-refractivity contribution >= 4 is 17.6 Å². The van der Waals surface area contributed by atoms with Gasteiger partial charge in [-0.25, -0.2) is 4.79 Å². The third kappa shape index (κ3) is 4.96. The molecule has 0 atom stereocenters. The van der Waals surface area contributed by atoms with Gasteiger partial charge in [-0.05, 0) is 56.5 Å². The summed E-state index contributed by atoms with van der Waals surface area (Å²) in [4.78, 5) is 25.7. The summed E-state index contributed by atoms with van der Waals surface area (Å²) in [5.41, 5.74) is 7.16. The van der Waals surface area contributed by atoms with Crippen LogP contribution in [0.5, 0.6) is 0 Å². The molecular weight excluding hydrogens is 292 g/mol. The summed E-state index contributed by atoms with van der Waals surface area (Å²) in [5.74, 6) is -0.461. The van der Waals surface area contributed by atoms with E-state index in [0.717, 1.165) is 38.0 Å². The highest BCUT2D eigenvalue weighted by Crippen LogP contribution is 2.15. The van der Waals surface area contributed by atoms with Crippen molar-refractivity contribution in [1.82, 2.24) is 10.2 Å². The molecule has 0 aliphatic carbocycles. The molecule has 0 bridgehead atoms. The molecule has 0 unspecified atom stereocenters. The zero-order chi connectivity index (χ0) is 16.8. The topological polar surface area (TPSA) is 87.5 Å². The number of carbonyl (C=O) groups excluding carboxylic acids is 2. The third-order valence-electron chi connectivity index (χ3n) is 4.21. The van der Waals surface area contributed by atoms with Gasteiger partial charge >= 0.3 is 6.03 Å². The summed E-state index contributed by atoms with van der Waals surface area (Å²) in [7, 11) is 0. The molecule has 0 aromatic heterocycles. The lowest BCUT2D eigenvalue weighted by Crippen LogP contribution is -2.46. The van der Waals surface area contributed by atoms with Crippen LogP contribution >= 0.6 is 0 Å². The molecule has 3 amide bonds.